The van der Waals surface area contributed by atoms with Crippen molar-refractivity contribution in [1.82, 2.24) is 0 Å². The van der Waals surface area contributed by atoms with Crippen molar-refractivity contribution in [2.75, 3.05) is 23.9 Å². The highest BCUT2D eigenvalue weighted by Gasteiger charge is 2.17. The number of anilines is 2. The number of nitrogens with one attached hydrogen (secondary N) is 1. The van der Waals surface area contributed by atoms with Gasteiger partial charge in [-0.05, 0) is 36.4 Å². The van der Waals surface area contributed by atoms with E-state index in [1.165, 1.54) is 31.1 Å². The lowest BCUT2D eigenvalue weighted by atomic mass is 10.2. The molecule has 0 aliphatic rings. The lowest BCUT2D eigenvalue weighted by Gasteiger charge is -2.21. The van der Waals surface area contributed by atoms with E-state index in [1.54, 1.807) is 36.4 Å². The Morgan fingerprint density at radius 3 is 2.28 bits per heavy atom. The monoisotopic (exact) mass is 360 g/mol. The quantitative estimate of drug-likeness (QED) is 0.831. The summed E-state index contributed by atoms with van der Waals surface area (Å²) in [5.41, 5.74) is 1.32. The first-order valence-corrected chi connectivity index (χ1v) is 7.81. The summed E-state index contributed by atoms with van der Waals surface area (Å²) >= 11 is 6.01. The fourth-order valence-electron chi connectivity index (χ4n) is 2.18. The molecule has 0 atom stereocenters. The lowest BCUT2D eigenvalue weighted by molar-refractivity contribution is -0.120. The number of rotatable bonds is 5. The van der Waals surface area contributed by atoms with Gasteiger partial charge >= 0.3 is 5.97 Å². The summed E-state index contributed by atoms with van der Waals surface area (Å²) in [6.07, 6.45) is 0. The minimum atomic E-state index is -0.475. The number of nitrogens with zero attached hydrogens (tertiary/aromatic N) is 1. The summed E-state index contributed by atoms with van der Waals surface area (Å²) in [5, 5.41) is 3.08. The molecule has 0 saturated carbocycles. The minimum Gasteiger partial charge on any atom is -0.465 e. The van der Waals surface area contributed by atoms with E-state index in [1.807, 2.05) is 0 Å². The maximum atomic E-state index is 12.2. The van der Waals surface area contributed by atoms with Gasteiger partial charge in [-0.1, -0.05) is 23.7 Å². The van der Waals surface area contributed by atoms with Gasteiger partial charge in [0.1, 0.15) is 6.54 Å². The number of amides is 2. The molecule has 2 amide bonds. The molecule has 130 valence electrons. The maximum absolute atomic E-state index is 12.2. The van der Waals surface area contributed by atoms with E-state index >= 15 is 0 Å². The van der Waals surface area contributed by atoms with Crippen LogP contribution in [0.5, 0.6) is 0 Å². The number of halogens is 1. The fourth-order valence-corrected chi connectivity index (χ4v) is 2.36. The lowest BCUT2D eigenvalue weighted by Crippen LogP contribution is -2.36. The molecule has 0 heterocycles. The third-order valence-electron chi connectivity index (χ3n) is 3.43. The Kier molecular flexibility index (Phi) is 6.14. The summed E-state index contributed by atoms with van der Waals surface area (Å²) in [7, 11) is 1.29. The van der Waals surface area contributed by atoms with E-state index in [2.05, 4.69) is 10.1 Å². The number of para-hydroxylation sites is 1. The Hall–Kier alpha value is -2.86. The van der Waals surface area contributed by atoms with Crippen molar-refractivity contribution in [1.29, 1.82) is 0 Å². The van der Waals surface area contributed by atoms with Crippen LogP contribution in [0.25, 0.3) is 0 Å². The van der Waals surface area contributed by atoms with Gasteiger partial charge in [0.05, 0.1) is 23.4 Å². The van der Waals surface area contributed by atoms with Crippen molar-refractivity contribution in [3.05, 3.63) is 59.1 Å². The van der Waals surface area contributed by atoms with Crippen LogP contribution in [-0.2, 0) is 14.3 Å². The molecule has 0 aliphatic heterocycles. The standard InChI is InChI=1S/C18H17ClN2O4/c1-12(22)21(14-9-7-13(8-10-14)18(24)25-2)11-17(23)20-16-6-4-3-5-15(16)19/h3-10H,11H2,1-2H3,(H,20,23). The summed E-state index contributed by atoms with van der Waals surface area (Å²) in [5.74, 6) is -1.17. The largest absolute Gasteiger partial charge is 0.465 e. The number of benzene rings is 2. The van der Waals surface area contributed by atoms with E-state index in [-0.39, 0.29) is 18.4 Å². The third kappa shape index (κ3) is 4.81. The van der Waals surface area contributed by atoms with Gasteiger partial charge in [-0.25, -0.2) is 4.79 Å². The minimum absolute atomic E-state index is 0.182. The molecule has 0 aromatic heterocycles. The smallest absolute Gasteiger partial charge is 0.337 e. The average molecular weight is 361 g/mol. The molecule has 0 bridgehead atoms. The summed E-state index contributed by atoms with van der Waals surface area (Å²) in [4.78, 5) is 36.9. The number of esters is 1. The van der Waals surface area contributed by atoms with Crippen LogP contribution in [0, 0.1) is 0 Å². The van der Waals surface area contributed by atoms with E-state index < -0.39 is 5.97 Å². The Labute approximate surface area is 150 Å². The van der Waals surface area contributed by atoms with Crippen molar-refractivity contribution in [2.45, 2.75) is 6.92 Å². The van der Waals surface area contributed by atoms with Crippen molar-refractivity contribution in [3.63, 3.8) is 0 Å². The van der Waals surface area contributed by atoms with Crippen molar-refractivity contribution >= 4 is 40.8 Å². The molecule has 0 spiro atoms. The zero-order chi connectivity index (χ0) is 18.4. The highest BCUT2D eigenvalue weighted by molar-refractivity contribution is 6.33. The van der Waals surface area contributed by atoms with Crippen molar-refractivity contribution in [3.8, 4) is 0 Å². The van der Waals surface area contributed by atoms with Gasteiger partial charge in [0.25, 0.3) is 0 Å². The van der Waals surface area contributed by atoms with Crippen LogP contribution < -0.4 is 10.2 Å². The zero-order valence-electron chi connectivity index (χ0n) is 13.8. The SMILES string of the molecule is COC(=O)c1ccc(N(CC(=O)Nc2ccccc2Cl)C(C)=O)cc1. The fraction of sp³-hybridized carbons (Fsp3) is 0.167. The zero-order valence-corrected chi connectivity index (χ0v) is 14.5. The Morgan fingerprint density at radius 1 is 1.08 bits per heavy atom. The Bertz CT molecular complexity index is 790. The predicted molar refractivity (Wildman–Crippen MR) is 95.9 cm³/mol. The second kappa shape index (κ2) is 8.30. The average Bonchev–Trinajstić information content (AvgIpc) is 2.61. The molecular formula is C18H17ClN2O4. The topological polar surface area (TPSA) is 75.7 Å². The van der Waals surface area contributed by atoms with Crippen molar-refractivity contribution < 1.29 is 19.1 Å². The van der Waals surface area contributed by atoms with Gasteiger partial charge < -0.3 is 15.0 Å². The van der Waals surface area contributed by atoms with Gasteiger partial charge in [0.15, 0.2) is 0 Å². The molecule has 1 N–H and O–H groups in total. The maximum Gasteiger partial charge on any atom is 0.337 e. The van der Waals surface area contributed by atoms with Gasteiger partial charge in [0, 0.05) is 12.6 Å². The van der Waals surface area contributed by atoms with Crippen LogP contribution in [0.1, 0.15) is 17.3 Å². The highest BCUT2D eigenvalue weighted by Crippen LogP contribution is 2.21. The van der Waals surface area contributed by atoms with Crippen LogP contribution in [0.2, 0.25) is 5.02 Å². The van der Waals surface area contributed by atoms with Crippen LogP contribution in [0.4, 0.5) is 11.4 Å². The third-order valence-corrected chi connectivity index (χ3v) is 3.76. The van der Waals surface area contributed by atoms with E-state index in [9.17, 15) is 14.4 Å². The molecule has 0 unspecified atom stereocenters. The first-order chi connectivity index (χ1) is 11.9. The number of ether oxygens (including phenoxy) is 1. The predicted octanol–water partition coefficient (Wildman–Crippen LogP) is 3.12. The first kappa shape index (κ1) is 18.5. The number of carbonyl (C=O) groups excluding carboxylic acids is 3. The number of hydrogen-bond donors (Lipinski definition) is 1. The summed E-state index contributed by atoms with van der Waals surface area (Å²) in [6, 6.07) is 13.0. The van der Waals surface area contributed by atoms with Crippen LogP contribution in [0.3, 0.4) is 0 Å². The Balaban J connectivity index is 2.13. The Morgan fingerprint density at radius 2 is 1.72 bits per heavy atom. The van der Waals surface area contributed by atoms with Gasteiger partial charge in [-0.15, -0.1) is 0 Å². The molecule has 25 heavy (non-hydrogen) atoms. The van der Waals surface area contributed by atoms with E-state index in [4.69, 9.17) is 11.6 Å². The molecule has 0 saturated heterocycles. The summed E-state index contributed by atoms with van der Waals surface area (Å²) in [6.45, 7) is 1.18. The first-order valence-electron chi connectivity index (χ1n) is 7.43. The molecule has 2 aromatic carbocycles. The highest BCUT2D eigenvalue weighted by atomic mass is 35.5. The van der Waals surface area contributed by atoms with E-state index in [0.717, 1.165) is 0 Å². The molecular weight excluding hydrogens is 344 g/mol. The molecule has 2 rings (SSSR count). The molecule has 7 heteroatoms. The van der Waals surface area contributed by atoms with Gasteiger partial charge in [-0.3, -0.25) is 9.59 Å². The molecule has 0 radical (unpaired) electrons. The molecule has 0 fully saturated rings. The number of carbonyl (C=O) groups is 3. The van der Waals surface area contributed by atoms with Crippen molar-refractivity contribution in [2.24, 2.45) is 0 Å². The van der Waals surface area contributed by atoms with Crippen LogP contribution in [0.15, 0.2) is 48.5 Å². The summed E-state index contributed by atoms with van der Waals surface area (Å²) < 4.78 is 4.63. The number of methoxy groups -OCH3 is 1. The van der Waals surface area contributed by atoms with E-state index in [0.29, 0.717) is 22.0 Å². The molecule has 0 aliphatic carbocycles. The molecule has 2 aromatic rings. The number of hydrogen-bond acceptors (Lipinski definition) is 4. The van der Waals surface area contributed by atoms with Gasteiger partial charge in [-0.2, -0.15) is 0 Å². The normalized spacial score (nSPS) is 10.0. The second-order valence-electron chi connectivity index (χ2n) is 5.17. The van der Waals surface area contributed by atoms with Crippen LogP contribution >= 0.6 is 11.6 Å². The van der Waals surface area contributed by atoms with Gasteiger partial charge in [0.2, 0.25) is 11.8 Å². The van der Waals surface area contributed by atoms with Crippen LogP contribution in [-0.4, -0.2) is 31.4 Å². The second-order valence-corrected chi connectivity index (χ2v) is 5.58. The molecule has 6 nitrogen and oxygen atoms in total.